The molecule has 0 bridgehead atoms. The molecular formula is C18H16BrNO5. The monoisotopic (exact) mass is 405 g/mol. The van der Waals surface area contributed by atoms with Crippen molar-refractivity contribution < 1.29 is 23.8 Å². The number of amides is 1. The van der Waals surface area contributed by atoms with Gasteiger partial charge in [0, 0.05) is 4.47 Å². The Labute approximate surface area is 153 Å². The number of halogens is 1. The molecular weight excluding hydrogens is 390 g/mol. The molecule has 1 N–H and O–H groups in total. The molecule has 0 aliphatic carbocycles. The third kappa shape index (κ3) is 4.11. The number of ether oxygens (including phenoxy) is 3. The van der Waals surface area contributed by atoms with E-state index in [9.17, 15) is 9.59 Å². The minimum absolute atomic E-state index is 0.183. The highest BCUT2D eigenvalue weighted by atomic mass is 79.9. The lowest BCUT2D eigenvalue weighted by molar-refractivity contribution is -0.123. The zero-order valence-corrected chi connectivity index (χ0v) is 15.0. The molecule has 25 heavy (non-hydrogen) atoms. The van der Waals surface area contributed by atoms with E-state index in [-0.39, 0.29) is 25.3 Å². The number of fused-ring (bicyclic) bond motifs is 1. The molecule has 1 heterocycles. The van der Waals surface area contributed by atoms with Crippen molar-refractivity contribution in [2.75, 3.05) is 13.4 Å². The summed E-state index contributed by atoms with van der Waals surface area (Å²) in [5, 5.41) is 2.85. The van der Waals surface area contributed by atoms with Crippen LogP contribution in [0.5, 0.6) is 17.2 Å². The Morgan fingerprint density at radius 3 is 2.88 bits per heavy atom. The van der Waals surface area contributed by atoms with E-state index in [4.69, 9.17) is 14.2 Å². The fraction of sp³-hybridized carbons (Fsp3) is 0.222. The molecule has 0 aromatic heterocycles. The van der Waals surface area contributed by atoms with Gasteiger partial charge in [-0.15, -0.1) is 0 Å². The first-order valence-corrected chi connectivity index (χ1v) is 8.42. The summed E-state index contributed by atoms with van der Waals surface area (Å²) in [6.07, 6.45) is 0.688. The lowest BCUT2D eigenvalue weighted by atomic mass is 10.1. The highest BCUT2D eigenvalue weighted by Gasteiger charge is 2.17. The van der Waals surface area contributed by atoms with E-state index in [1.807, 2.05) is 25.1 Å². The van der Waals surface area contributed by atoms with Crippen LogP contribution in [0.15, 0.2) is 40.9 Å². The van der Waals surface area contributed by atoms with Gasteiger partial charge in [0.15, 0.2) is 24.4 Å². The highest BCUT2D eigenvalue weighted by molar-refractivity contribution is 9.10. The molecule has 6 nitrogen and oxygen atoms in total. The second kappa shape index (κ2) is 7.57. The fourth-order valence-corrected chi connectivity index (χ4v) is 2.81. The smallest absolute Gasteiger partial charge is 0.258 e. The molecule has 2 aromatic rings. The van der Waals surface area contributed by atoms with E-state index in [0.29, 0.717) is 29.1 Å². The largest absolute Gasteiger partial charge is 0.483 e. The summed E-state index contributed by atoms with van der Waals surface area (Å²) in [6.45, 7) is 1.89. The van der Waals surface area contributed by atoms with Gasteiger partial charge in [0.2, 0.25) is 6.79 Å². The van der Waals surface area contributed by atoms with Gasteiger partial charge in [-0.2, -0.15) is 0 Å². The molecule has 0 saturated carbocycles. The summed E-state index contributed by atoms with van der Waals surface area (Å²) in [7, 11) is 0. The minimum atomic E-state index is -0.287. The van der Waals surface area contributed by atoms with Crippen molar-refractivity contribution >= 4 is 28.1 Å². The van der Waals surface area contributed by atoms with E-state index in [1.165, 1.54) is 0 Å². The van der Waals surface area contributed by atoms with Crippen molar-refractivity contribution in [3.8, 4) is 17.2 Å². The first kappa shape index (κ1) is 17.3. The summed E-state index contributed by atoms with van der Waals surface area (Å²) in [5.74, 6) is 1.44. The van der Waals surface area contributed by atoms with E-state index in [1.54, 1.807) is 18.2 Å². The summed E-state index contributed by atoms with van der Waals surface area (Å²) in [6, 6.07) is 10.3. The first-order chi connectivity index (χ1) is 12.1. The Bertz CT molecular complexity index is 808. The molecule has 0 fully saturated rings. The maximum absolute atomic E-state index is 12.1. The Morgan fingerprint density at radius 2 is 2.08 bits per heavy atom. The summed E-state index contributed by atoms with van der Waals surface area (Å²) in [5.41, 5.74) is 1.28. The van der Waals surface area contributed by atoms with Crippen molar-refractivity contribution in [3.63, 3.8) is 0 Å². The van der Waals surface area contributed by atoms with E-state index in [2.05, 4.69) is 21.2 Å². The van der Waals surface area contributed by atoms with Crippen molar-refractivity contribution in [1.82, 2.24) is 5.32 Å². The second-order valence-corrected chi connectivity index (χ2v) is 6.41. The van der Waals surface area contributed by atoms with E-state index < -0.39 is 0 Å². The summed E-state index contributed by atoms with van der Waals surface area (Å²) in [4.78, 5) is 23.2. The molecule has 0 radical (unpaired) electrons. The third-order valence-electron chi connectivity index (χ3n) is 3.73. The molecule has 0 spiro atoms. The molecule has 1 atom stereocenters. The van der Waals surface area contributed by atoms with Gasteiger partial charge in [0.1, 0.15) is 5.75 Å². The minimum Gasteiger partial charge on any atom is -0.483 e. The van der Waals surface area contributed by atoms with Crippen LogP contribution in [-0.2, 0) is 4.79 Å². The van der Waals surface area contributed by atoms with Gasteiger partial charge in [-0.05, 0) is 42.8 Å². The molecule has 1 aliphatic rings. The molecule has 1 aliphatic heterocycles. The second-order valence-electron chi connectivity index (χ2n) is 5.49. The number of benzene rings is 2. The van der Waals surface area contributed by atoms with Gasteiger partial charge >= 0.3 is 0 Å². The normalized spacial score (nSPS) is 13.2. The van der Waals surface area contributed by atoms with Crippen LogP contribution in [0, 0.1) is 0 Å². The SMILES string of the molecule is C[C@H](NC(=O)COc1ccc(Br)cc1C=O)c1ccc2c(c1)OCO2. The van der Waals surface area contributed by atoms with Gasteiger partial charge in [-0.3, -0.25) is 9.59 Å². The van der Waals surface area contributed by atoms with Crippen molar-refractivity contribution in [2.45, 2.75) is 13.0 Å². The number of aldehydes is 1. The number of nitrogens with one attached hydrogen (secondary N) is 1. The Balaban J connectivity index is 1.58. The Morgan fingerprint density at radius 1 is 1.28 bits per heavy atom. The topological polar surface area (TPSA) is 73.9 Å². The average molecular weight is 406 g/mol. The van der Waals surface area contributed by atoms with Crippen LogP contribution >= 0.6 is 15.9 Å². The predicted octanol–water partition coefficient (Wildman–Crippen LogP) is 3.25. The van der Waals surface area contributed by atoms with Gasteiger partial charge in [0.05, 0.1) is 11.6 Å². The van der Waals surface area contributed by atoms with Crippen LogP contribution in [0.25, 0.3) is 0 Å². The standard InChI is InChI=1S/C18H16BrNO5/c1-11(12-2-4-16-17(7-12)25-10-24-16)20-18(22)9-23-15-5-3-14(19)6-13(15)8-21/h2-8,11H,9-10H2,1H3,(H,20,22)/t11-/m0/s1. The van der Waals surface area contributed by atoms with Crippen LogP contribution < -0.4 is 19.5 Å². The lowest BCUT2D eigenvalue weighted by Crippen LogP contribution is -2.31. The van der Waals surface area contributed by atoms with Gasteiger partial charge in [0.25, 0.3) is 5.91 Å². The van der Waals surface area contributed by atoms with Crippen LogP contribution in [0.2, 0.25) is 0 Å². The zero-order valence-electron chi connectivity index (χ0n) is 13.5. The number of carbonyl (C=O) groups is 2. The molecule has 1 amide bonds. The lowest BCUT2D eigenvalue weighted by Gasteiger charge is -2.15. The zero-order chi connectivity index (χ0) is 17.8. The van der Waals surface area contributed by atoms with Crippen LogP contribution in [-0.4, -0.2) is 25.6 Å². The molecule has 0 unspecified atom stereocenters. The quantitative estimate of drug-likeness (QED) is 0.746. The predicted molar refractivity (Wildman–Crippen MR) is 94.1 cm³/mol. The average Bonchev–Trinajstić information content (AvgIpc) is 3.08. The van der Waals surface area contributed by atoms with Crippen LogP contribution in [0.1, 0.15) is 28.9 Å². The number of rotatable bonds is 6. The van der Waals surface area contributed by atoms with Gasteiger partial charge < -0.3 is 19.5 Å². The summed E-state index contributed by atoms with van der Waals surface area (Å²) >= 11 is 3.28. The number of hydrogen-bond donors (Lipinski definition) is 1. The van der Waals surface area contributed by atoms with Gasteiger partial charge in [-0.1, -0.05) is 22.0 Å². The van der Waals surface area contributed by atoms with Crippen molar-refractivity contribution in [1.29, 1.82) is 0 Å². The highest BCUT2D eigenvalue weighted by Crippen LogP contribution is 2.34. The Hall–Kier alpha value is -2.54. The van der Waals surface area contributed by atoms with Crippen LogP contribution in [0.3, 0.4) is 0 Å². The summed E-state index contributed by atoms with van der Waals surface area (Å²) < 4.78 is 16.8. The maximum atomic E-state index is 12.1. The van der Waals surface area contributed by atoms with Gasteiger partial charge in [-0.25, -0.2) is 0 Å². The van der Waals surface area contributed by atoms with Crippen molar-refractivity contribution in [2.24, 2.45) is 0 Å². The molecule has 7 heteroatoms. The molecule has 0 saturated heterocycles. The van der Waals surface area contributed by atoms with Crippen LogP contribution in [0.4, 0.5) is 0 Å². The number of carbonyl (C=O) groups excluding carboxylic acids is 2. The maximum Gasteiger partial charge on any atom is 0.258 e. The number of hydrogen-bond acceptors (Lipinski definition) is 5. The molecule has 130 valence electrons. The van der Waals surface area contributed by atoms with E-state index in [0.717, 1.165) is 10.0 Å². The molecule has 3 rings (SSSR count). The Kier molecular flexibility index (Phi) is 5.23. The van der Waals surface area contributed by atoms with E-state index >= 15 is 0 Å². The third-order valence-corrected chi connectivity index (χ3v) is 4.22. The first-order valence-electron chi connectivity index (χ1n) is 7.63. The molecule has 2 aromatic carbocycles. The van der Waals surface area contributed by atoms with Crippen molar-refractivity contribution in [3.05, 3.63) is 52.0 Å². The fourth-order valence-electron chi connectivity index (χ4n) is 2.44.